The maximum absolute atomic E-state index is 6.30. The molecular weight excluding hydrogens is 221 g/mol. The Morgan fingerprint density at radius 2 is 1.89 bits per heavy atom. The largest absolute Gasteiger partial charge is 0.416 e. The molecule has 3 heteroatoms. The molecule has 0 bridgehead atoms. The minimum Gasteiger partial charge on any atom is -0.415 e. The summed E-state index contributed by atoms with van der Waals surface area (Å²) in [5.41, 5.74) is 1.42. The average Bonchev–Trinajstić information content (AvgIpc) is 2.39. The van der Waals surface area contributed by atoms with Crippen LogP contribution in [0, 0.1) is 5.92 Å². The van der Waals surface area contributed by atoms with Gasteiger partial charge in [0.2, 0.25) is 0 Å². The van der Waals surface area contributed by atoms with Crippen molar-refractivity contribution in [2.24, 2.45) is 5.92 Å². The van der Waals surface area contributed by atoms with Gasteiger partial charge in [0.05, 0.1) is 0 Å². The Hall–Kier alpha value is -0.795. The lowest BCUT2D eigenvalue weighted by atomic mass is 9.62. The predicted molar refractivity (Wildman–Crippen MR) is 75.9 cm³/mol. The molecular formula is C15H22BNO. The molecule has 2 aliphatic rings. The van der Waals surface area contributed by atoms with Crippen LogP contribution in [-0.4, -0.2) is 18.7 Å². The van der Waals surface area contributed by atoms with Gasteiger partial charge in [0.1, 0.15) is 0 Å². The molecule has 18 heavy (non-hydrogen) atoms. The Kier molecular flexibility index (Phi) is 3.20. The Labute approximate surface area is 110 Å². The SMILES string of the molecule is CC1(C)NB(c2ccccc2)O[C@@H]2CCCC[C@@H]21. The molecule has 0 unspecified atom stereocenters. The molecule has 1 saturated carbocycles. The van der Waals surface area contributed by atoms with Gasteiger partial charge in [-0.25, -0.2) is 0 Å². The van der Waals surface area contributed by atoms with Crippen molar-refractivity contribution in [3.8, 4) is 0 Å². The summed E-state index contributed by atoms with van der Waals surface area (Å²) >= 11 is 0. The molecule has 0 spiro atoms. The van der Waals surface area contributed by atoms with Crippen molar-refractivity contribution in [2.45, 2.75) is 51.2 Å². The van der Waals surface area contributed by atoms with E-state index in [1.54, 1.807) is 0 Å². The molecule has 1 N–H and O–H groups in total. The van der Waals surface area contributed by atoms with E-state index in [0.29, 0.717) is 12.0 Å². The van der Waals surface area contributed by atoms with Crippen molar-refractivity contribution in [1.29, 1.82) is 0 Å². The van der Waals surface area contributed by atoms with Gasteiger partial charge in [-0.15, -0.1) is 0 Å². The molecule has 1 saturated heterocycles. The van der Waals surface area contributed by atoms with Crippen molar-refractivity contribution in [3.63, 3.8) is 0 Å². The molecule has 2 nitrogen and oxygen atoms in total. The molecule has 2 atom stereocenters. The van der Waals surface area contributed by atoms with E-state index in [2.05, 4.69) is 49.4 Å². The zero-order valence-corrected chi connectivity index (χ0v) is 11.4. The van der Waals surface area contributed by atoms with Gasteiger partial charge in [-0.1, -0.05) is 43.2 Å². The molecule has 1 heterocycles. The lowest BCUT2D eigenvalue weighted by Gasteiger charge is -2.49. The second-order valence-electron chi connectivity index (χ2n) is 6.22. The first kappa shape index (κ1) is 12.2. The zero-order chi connectivity index (χ0) is 12.6. The van der Waals surface area contributed by atoms with E-state index in [-0.39, 0.29) is 12.6 Å². The van der Waals surface area contributed by atoms with Crippen LogP contribution in [0.2, 0.25) is 0 Å². The lowest BCUT2D eigenvalue weighted by Crippen LogP contribution is -2.68. The summed E-state index contributed by atoms with van der Waals surface area (Å²) in [4.78, 5) is 0. The summed E-state index contributed by atoms with van der Waals surface area (Å²) in [6, 6.07) is 10.5. The Bertz CT molecular complexity index is 406. The Morgan fingerprint density at radius 3 is 2.67 bits per heavy atom. The Balaban J connectivity index is 1.83. The molecule has 0 amide bonds. The van der Waals surface area contributed by atoms with Crippen molar-refractivity contribution >= 4 is 12.5 Å². The standard InChI is InChI=1S/C15H22BNO/c1-15(2)13-10-6-7-11-14(13)18-16(17-15)12-8-4-3-5-9-12/h3-5,8-9,13-14,17H,6-7,10-11H2,1-2H3/t13-,14+/m0/s1. The second kappa shape index (κ2) is 4.71. The number of hydrogen-bond donors (Lipinski definition) is 1. The highest BCUT2D eigenvalue weighted by molar-refractivity contribution is 6.65. The second-order valence-corrected chi connectivity index (χ2v) is 6.22. The predicted octanol–water partition coefficient (Wildman–Crippen LogP) is 2.34. The summed E-state index contributed by atoms with van der Waals surface area (Å²) in [7, 11) is 0.0561. The first-order valence-electron chi connectivity index (χ1n) is 7.15. The van der Waals surface area contributed by atoms with E-state index < -0.39 is 0 Å². The fourth-order valence-corrected chi connectivity index (χ4v) is 3.53. The quantitative estimate of drug-likeness (QED) is 0.764. The van der Waals surface area contributed by atoms with Crippen molar-refractivity contribution in [2.75, 3.05) is 0 Å². The van der Waals surface area contributed by atoms with Crippen LogP contribution in [0.3, 0.4) is 0 Å². The number of fused-ring (bicyclic) bond motifs is 1. The minimum absolute atomic E-state index is 0.0561. The van der Waals surface area contributed by atoms with Gasteiger partial charge in [0.25, 0.3) is 0 Å². The summed E-state index contributed by atoms with van der Waals surface area (Å²) < 4.78 is 6.30. The van der Waals surface area contributed by atoms with E-state index in [4.69, 9.17) is 4.65 Å². The van der Waals surface area contributed by atoms with Gasteiger partial charge in [-0.3, -0.25) is 0 Å². The highest BCUT2D eigenvalue weighted by Crippen LogP contribution is 2.37. The molecule has 0 radical (unpaired) electrons. The van der Waals surface area contributed by atoms with Crippen molar-refractivity contribution < 1.29 is 4.65 Å². The fourth-order valence-electron chi connectivity index (χ4n) is 3.53. The van der Waals surface area contributed by atoms with Gasteiger partial charge in [-0.05, 0) is 32.2 Å². The third kappa shape index (κ3) is 2.22. The maximum Gasteiger partial charge on any atom is 0.416 e. The Morgan fingerprint density at radius 1 is 1.17 bits per heavy atom. The monoisotopic (exact) mass is 243 g/mol. The fraction of sp³-hybridized carbons (Fsp3) is 0.600. The highest BCUT2D eigenvalue weighted by atomic mass is 16.5. The zero-order valence-electron chi connectivity index (χ0n) is 11.4. The molecule has 1 aromatic carbocycles. The van der Waals surface area contributed by atoms with Gasteiger partial charge in [-0.2, -0.15) is 0 Å². The van der Waals surface area contributed by atoms with E-state index >= 15 is 0 Å². The van der Waals surface area contributed by atoms with Crippen molar-refractivity contribution in [3.05, 3.63) is 30.3 Å². The van der Waals surface area contributed by atoms with Crippen LogP contribution in [0.15, 0.2) is 30.3 Å². The van der Waals surface area contributed by atoms with Crippen LogP contribution in [0.5, 0.6) is 0 Å². The molecule has 0 aromatic heterocycles. The van der Waals surface area contributed by atoms with Crippen LogP contribution in [0.1, 0.15) is 39.5 Å². The first-order valence-corrected chi connectivity index (χ1v) is 7.15. The molecule has 1 aliphatic heterocycles. The average molecular weight is 243 g/mol. The normalized spacial score (nSPS) is 30.9. The highest BCUT2D eigenvalue weighted by Gasteiger charge is 2.46. The smallest absolute Gasteiger partial charge is 0.415 e. The van der Waals surface area contributed by atoms with Crippen LogP contribution in [-0.2, 0) is 4.65 Å². The third-order valence-electron chi connectivity index (χ3n) is 4.55. The van der Waals surface area contributed by atoms with Crippen molar-refractivity contribution in [1.82, 2.24) is 5.23 Å². The van der Waals surface area contributed by atoms with E-state index in [1.165, 1.54) is 31.1 Å². The first-order chi connectivity index (χ1) is 8.67. The minimum atomic E-state index is 0.0561. The molecule has 1 aliphatic carbocycles. The lowest BCUT2D eigenvalue weighted by molar-refractivity contribution is 0.0167. The van der Waals surface area contributed by atoms with Gasteiger partial charge >= 0.3 is 7.05 Å². The van der Waals surface area contributed by atoms with Crippen LogP contribution in [0.25, 0.3) is 0 Å². The van der Waals surface area contributed by atoms with Crippen LogP contribution in [0.4, 0.5) is 0 Å². The molecule has 3 rings (SSSR count). The van der Waals surface area contributed by atoms with Gasteiger partial charge < -0.3 is 9.88 Å². The summed E-state index contributed by atoms with van der Waals surface area (Å²) in [6.07, 6.45) is 5.62. The van der Waals surface area contributed by atoms with Crippen LogP contribution >= 0.6 is 0 Å². The molecule has 1 aromatic rings. The molecule has 96 valence electrons. The third-order valence-corrected chi connectivity index (χ3v) is 4.55. The molecule has 2 fully saturated rings. The van der Waals surface area contributed by atoms with Gasteiger partial charge in [0, 0.05) is 17.6 Å². The number of hydrogen-bond acceptors (Lipinski definition) is 2. The number of rotatable bonds is 1. The van der Waals surface area contributed by atoms with Gasteiger partial charge in [0.15, 0.2) is 0 Å². The number of benzene rings is 1. The maximum atomic E-state index is 6.30. The topological polar surface area (TPSA) is 21.3 Å². The summed E-state index contributed by atoms with van der Waals surface area (Å²) in [6.45, 7) is 4.66. The summed E-state index contributed by atoms with van der Waals surface area (Å²) in [5.74, 6) is 0.659. The van der Waals surface area contributed by atoms with E-state index in [1.807, 2.05) is 0 Å². The summed E-state index contributed by atoms with van der Waals surface area (Å²) in [5, 5.41) is 3.69. The van der Waals surface area contributed by atoms with Crippen LogP contribution < -0.4 is 10.7 Å². The van der Waals surface area contributed by atoms with E-state index in [0.717, 1.165) is 0 Å². The van der Waals surface area contributed by atoms with E-state index in [9.17, 15) is 0 Å². The number of nitrogens with one attached hydrogen (secondary N) is 1.